The standard InChI is InChI=1S/C28H37N3O2/c1-18(2)14-24-17-29-25(23-15-21-12-8-9-13-22(21)16-23)28(33)31(24)26(27(32)30-19(3)4)20-10-6-5-7-11-20/h5-13,18-19,23-26,29H,14-17H2,1-4H3,(H,30,32)/t24-,25-,26-/m1/s1. The Hall–Kier alpha value is -2.66. The number of hydrogen-bond donors (Lipinski definition) is 2. The van der Waals surface area contributed by atoms with Crippen LogP contribution in [0.2, 0.25) is 0 Å². The zero-order chi connectivity index (χ0) is 23.5. The lowest BCUT2D eigenvalue weighted by Gasteiger charge is -2.46. The topological polar surface area (TPSA) is 61.4 Å². The van der Waals surface area contributed by atoms with Crippen molar-refractivity contribution in [3.63, 3.8) is 0 Å². The molecule has 0 bridgehead atoms. The van der Waals surface area contributed by atoms with Gasteiger partial charge in [-0.05, 0) is 61.6 Å². The average Bonchev–Trinajstić information content (AvgIpc) is 3.20. The summed E-state index contributed by atoms with van der Waals surface area (Å²) in [4.78, 5) is 29.6. The minimum Gasteiger partial charge on any atom is -0.352 e. The molecule has 1 saturated heterocycles. The Kier molecular flexibility index (Phi) is 7.18. The van der Waals surface area contributed by atoms with Gasteiger partial charge in [-0.3, -0.25) is 9.59 Å². The maximum atomic E-state index is 14.1. The van der Waals surface area contributed by atoms with Gasteiger partial charge in [-0.1, -0.05) is 68.4 Å². The van der Waals surface area contributed by atoms with E-state index in [1.165, 1.54) is 11.1 Å². The van der Waals surface area contributed by atoms with Crippen molar-refractivity contribution >= 4 is 11.8 Å². The third-order valence-electron chi connectivity index (χ3n) is 6.86. The van der Waals surface area contributed by atoms with Crippen LogP contribution < -0.4 is 10.6 Å². The number of carbonyl (C=O) groups is 2. The molecule has 2 aromatic rings. The number of nitrogens with one attached hydrogen (secondary N) is 2. The molecule has 3 atom stereocenters. The molecule has 4 rings (SSSR count). The monoisotopic (exact) mass is 447 g/mol. The molecule has 176 valence electrons. The predicted octanol–water partition coefficient (Wildman–Crippen LogP) is 3.88. The highest BCUT2D eigenvalue weighted by Gasteiger charge is 2.45. The first-order valence-electron chi connectivity index (χ1n) is 12.3. The summed E-state index contributed by atoms with van der Waals surface area (Å²) in [6.07, 6.45) is 2.65. The predicted molar refractivity (Wildman–Crippen MR) is 132 cm³/mol. The molecule has 0 radical (unpaired) electrons. The van der Waals surface area contributed by atoms with Crippen molar-refractivity contribution in [3.8, 4) is 0 Å². The second-order valence-corrected chi connectivity index (χ2v) is 10.3. The number of fused-ring (bicyclic) bond motifs is 1. The highest BCUT2D eigenvalue weighted by atomic mass is 16.2. The Labute approximate surface area is 197 Å². The summed E-state index contributed by atoms with van der Waals surface area (Å²) in [6, 6.07) is 17.3. The molecule has 0 spiro atoms. The minimum atomic E-state index is -0.627. The molecule has 2 amide bonds. The third kappa shape index (κ3) is 5.14. The molecule has 0 saturated carbocycles. The van der Waals surface area contributed by atoms with Gasteiger partial charge in [-0.15, -0.1) is 0 Å². The van der Waals surface area contributed by atoms with E-state index in [1.54, 1.807) is 0 Å². The van der Waals surface area contributed by atoms with Crippen LogP contribution in [0.15, 0.2) is 54.6 Å². The quantitative estimate of drug-likeness (QED) is 0.677. The summed E-state index contributed by atoms with van der Waals surface area (Å²) in [6.45, 7) is 8.98. The zero-order valence-electron chi connectivity index (χ0n) is 20.3. The van der Waals surface area contributed by atoms with Gasteiger partial charge in [0.15, 0.2) is 0 Å². The largest absolute Gasteiger partial charge is 0.352 e. The van der Waals surface area contributed by atoms with E-state index in [0.29, 0.717) is 12.5 Å². The van der Waals surface area contributed by atoms with E-state index < -0.39 is 6.04 Å². The van der Waals surface area contributed by atoms with Gasteiger partial charge < -0.3 is 15.5 Å². The van der Waals surface area contributed by atoms with Crippen LogP contribution in [0.1, 0.15) is 56.8 Å². The first-order valence-corrected chi connectivity index (χ1v) is 12.3. The third-order valence-corrected chi connectivity index (χ3v) is 6.86. The molecule has 1 aliphatic carbocycles. The van der Waals surface area contributed by atoms with Crippen LogP contribution in [-0.4, -0.2) is 41.4 Å². The average molecular weight is 448 g/mol. The Balaban J connectivity index is 1.68. The molecule has 2 aromatic carbocycles. The van der Waals surface area contributed by atoms with Gasteiger partial charge in [0, 0.05) is 18.6 Å². The van der Waals surface area contributed by atoms with Crippen molar-refractivity contribution in [2.75, 3.05) is 6.54 Å². The number of amides is 2. The molecular weight excluding hydrogens is 410 g/mol. The lowest BCUT2D eigenvalue weighted by atomic mass is 9.88. The van der Waals surface area contributed by atoms with Crippen LogP contribution in [0.25, 0.3) is 0 Å². The Morgan fingerprint density at radius 3 is 2.18 bits per heavy atom. The van der Waals surface area contributed by atoms with Crippen LogP contribution in [0.4, 0.5) is 0 Å². The highest BCUT2D eigenvalue weighted by molar-refractivity contribution is 5.91. The van der Waals surface area contributed by atoms with Crippen LogP contribution in [0, 0.1) is 11.8 Å². The van der Waals surface area contributed by atoms with E-state index in [2.05, 4.69) is 48.7 Å². The normalized spacial score (nSPS) is 22.0. The van der Waals surface area contributed by atoms with Crippen molar-refractivity contribution in [2.45, 2.75) is 71.1 Å². The lowest BCUT2D eigenvalue weighted by Crippen LogP contribution is -2.65. The minimum absolute atomic E-state index is 0.00501. The van der Waals surface area contributed by atoms with E-state index in [0.717, 1.165) is 24.8 Å². The van der Waals surface area contributed by atoms with Crippen molar-refractivity contribution in [3.05, 3.63) is 71.3 Å². The van der Waals surface area contributed by atoms with Crippen LogP contribution in [0.5, 0.6) is 0 Å². The fraction of sp³-hybridized carbons (Fsp3) is 0.500. The molecule has 1 fully saturated rings. The maximum absolute atomic E-state index is 14.1. The van der Waals surface area contributed by atoms with Crippen molar-refractivity contribution in [1.82, 2.24) is 15.5 Å². The van der Waals surface area contributed by atoms with Gasteiger partial charge in [0.05, 0.1) is 6.04 Å². The molecule has 2 N–H and O–H groups in total. The zero-order valence-corrected chi connectivity index (χ0v) is 20.3. The molecule has 2 aliphatic rings. The fourth-order valence-electron chi connectivity index (χ4n) is 5.50. The SMILES string of the molecule is CC(C)C[C@@H]1CN[C@H](C2Cc3ccccc3C2)C(=O)N1[C@@H](C(=O)NC(C)C)c1ccccc1. The number of piperazine rings is 1. The summed E-state index contributed by atoms with van der Waals surface area (Å²) < 4.78 is 0. The van der Waals surface area contributed by atoms with Crippen molar-refractivity contribution in [2.24, 2.45) is 11.8 Å². The maximum Gasteiger partial charge on any atom is 0.247 e. The van der Waals surface area contributed by atoms with Gasteiger partial charge in [0.2, 0.25) is 11.8 Å². The number of benzene rings is 2. The molecule has 0 aromatic heterocycles. The lowest BCUT2D eigenvalue weighted by molar-refractivity contribution is -0.150. The molecule has 5 nitrogen and oxygen atoms in total. The summed E-state index contributed by atoms with van der Waals surface area (Å²) in [5, 5.41) is 6.67. The van der Waals surface area contributed by atoms with Gasteiger partial charge in [-0.2, -0.15) is 0 Å². The van der Waals surface area contributed by atoms with E-state index in [9.17, 15) is 9.59 Å². The Morgan fingerprint density at radius 1 is 1.00 bits per heavy atom. The second kappa shape index (κ2) is 10.1. The van der Waals surface area contributed by atoms with E-state index >= 15 is 0 Å². The Morgan fingerprint density at radius 2 is 1.61 bits per heavy atom. The highest BCUT2D eigenvalue weighted by Crippen LogP contribution is 2.35. The summed E-state index contributed by atoms with van der Waals surface area (Å²) in [5.74, 6) is 0.581. The van der Waals surface area contributed by atoms with Gasteiger partial charge in [0.1, 0.15) is 6.04 Å². The number of hydrogen-bond acceptors (Lipinski definition) is 3. The summed E-state index contributed by atoms with van der Waals surface area (Å²) >= 11 is 0. The van der Waals surface area contributed by atoms with E-state index in [4.69, 9.17) is 0 Å². The first kappa shape index (κ1) is 23.5. The van der Waals surface area contributed by atoms with Gasteiger partial charge in [-0.25, -0.2) is 0 Å². The van der Waals surface area contributed by atoms with Crippen LogP contribution in [-0.2, 0) is 22.4 Å². The summed E-state index contributed by atoms with van der Waals surface area (Å²) in [7, 11) is 0. The van der Waals surface area contributed by atoms with Crippen LogP contribution in [0.3, 0.4) is 0 Å². The second-order valence-electron chi connectivity index (χ2n) is 10.3. The molecule has 5 heteroatoms. The van der Waals surface area contributed by atoms with E-state index in [1.807, 2.05) is 49.1 Å². The molecular formula is C28H37N3O2. The number of rotatable bonds is 7. The van der Waals surface area contributed by atoms with Crippen molar-refractivity contribution in [1.29, 1.82) is 0 Å². The van der Waals surface area contributed by atoms with Gasteiger partial charge >= 0.3 is 0 Å². The number of nitrogens with zero attached hydrogens (tertiary/aromatic N) is 1. The first-order chi connectivity index (χ1) is 15.8. The fourth-order valence-corrected chi connectivity index (χ4v) is 5.50. The van der Waals surface area contributed by atoms with Crippen molar-refractivity contribution < 1.29 is 9.59 Å². The Bertz CT molecular complexity index is 947. The smallest absolute Gasteiger partial charge is 0.247 e. The molecule has 1 heterocycles. The van der Waals surface area contributed by atoms with Gasteiger partial charge in [0.25, 0.3) is 0 Å². The summed E-state index contributed by atoms with van der Waals surface area (Å²) in [5.41, 5.74) is 3.54. The number of carbonyl (C=O) groups excluding carboxylic acids is 2. The molecule has 1 aliphatic heterocycles. The molecule has 0 unspecified atom stereocenters. The van der Waals surface area contributed by atoms with Crippen LogP contribution >= 0.6 is 0 Å². The molecule has 33 heavy (non-hydrogen) atoms. The van der Waals surface area contributed by atoms with E-state index in [-0.39, 0.29) is 35.9 Å².